The molecule has 94 valence electrons. The molecule has 2 bridgehead atoms. The Morgan fingerprint density at radius 1 is 1.47 bits per heavy atom. The van der Waals surface area contributed by atoms with Crippen LogP contribution in [0.3, 0.4) is 0 Å². The van der Waals surface area contributed by atoms with Crippen molar-refractivity contribution in [3.8, 4) is 0 Å². The fourth-order valence-electron chi connectivity index (χ4n) is 2.56. The molecule has 0 radical (unpaired) electrons. The Kier molecular flexibility index (Phi) is 2.95. The van der Waals surface area contributed by atoms with E-state index in [1.54, 1.807) is 0 Å². The molecule has 0 unspecified atom stereocenters. The fourth-order valence-corrected chi connectivity index (χ4v) is 2.56. The first-order valence-corrected chi connectivity index (χ1v) is 5.57. The van der Waals surface area contributed by atoms with Crippen LogP contribution in [-0.2, 0) is 23.8 Å². The molecule has 1 heterocycles. The van der Waals surface area contributed by atoms with Gasteiger partial charge in [-0.2, -0.15) is 0 Å². The first-order valence-electron chi connectivity index (χ1n) is 5.57. The molecule has 5 heteroatoms. The SMILES string of the molecule is C=C1C[C@]2(COC(C)=O)OC[C@H]1[C@@H]2OC(C)=O. The third-order valence-electron chi connectivity index (χ3n) is 3.30. The minimum Gasteiger partial charge on any atom is -0.463 e. The van der Waals surface area contributed by atoms with E-state index in [-0.39, 0.29) is 30.6 Å². The first kappa shape index (κ1) is 12.1. The van der Waals surface area contributed by atoms with Gasteiger partial charge in [-0.25, -0.2) is 0 Å². The van der Waals surface area contributed by atoms with Gasteiger partial charge >= 0.3 is 11.9 Å². The molecule has 2 rings (SSSR count). The number of hydrogen-bond donors (Lipinski definition) is 0. The van der Waals surface area contributed by atoms with Gasteiger partial charge in [-0.3, -0.25) is 9.59 Å². The maximum Gasteiger partial charge on any atom is 0.303 e. The molecule has 1 aliphatic heterocycles. The van der Waals surface area contributed by atoms with Crippen molar-refractivity contribution < 1.29 is 23.8 Å². The van der Waals surface area contributed by atoms with Crippen molar-refractivity contribution in [2.24, 2.45) is 5.92 Å². The maximum absolute atomic E-state index is 11.1. The van der Waals surface area contributed by atoms with E-state index in [4.69, 9.17) is 14.2 Å². The van der Waals surface area contributed by atoms with Gasteiger partial charge < -0.3 is 14.2 Å². The topological polar surface area (TPSA) is 61.8 Å². The largest absolute Gasteiger partial charge is 0.463 e. The summed E-state index contributed by atoms with van der Waals surface area (Å²) in [6, 6.07) is 0. The average molecular weight is 240 g/mol. The molecule has 0 spiro atoms. The maximum atomic E-state index is 11.1. The molecular weight excluding hydrogens is 224 g/mol. The standard InChI is InChI=1S/C12H16O5/c1-7-4-12(6-15-8(2)13)11(17-9(3)14)10(7)5-16-12/h10-11H,1,4-6H2,2-3H3/t10-,11+,12-/m1/s1. The van der Waals surface area contributed by atoms with Crippen LogP contribution in [0.25, 0.3) is 0 Å². The van der Waals surface area contributed by atoms with Crippen molar-refractivity contribution in [2.45, 2.75) is 32.0 Å². The second kappa shape index (κ2) is 4.14. The molecule has 5 nitrogen and oxygen atoms in total. The summed E-state index contributed by atoms with van der Waals surface area (Å²) in [5.74, 6) is -0.702. The number of hydrogen-bond acceptors (Lipinski definition) is 5. The van der Waals surface area contributed by atoms with E-state index in [0.717, 1.165) is 5.57 Å². The van der Waals surface area contributed by atoms with Gasteiger partial charge in [0.1, 0.15) is 18.3 Å². The van der Waals surface area contributed by atoms with E-state index in [9.17, 15) is 9.59 Å². The third-order valence-corrected chi connectivity index (χ3v) is 3.30. The molecule has 0 aromatic heterocycles. The van der Waals surface area contributed by atoms with Crippen molar-refractivity contribution in [3.05, 3.63) is 12.2 Å². The number of ether oxygens (including phenoxy) is 3. The highest BCUT2D eigenvalue weighted by atomic mass is 16.6. The summed E-state index contributed by atoms with van der Waals surface area (Å²) >= 11 is 0. The molecule has 0 amide bonds. The third kappa shape index (κ3) is 2.07. The van der Waals surface area contributed by atoms with Gasteiger partial charge in [-0.05, 0) is 0 Å². The number of carbonyl (C=O) groups excluding carboxylic acids is 2. The summed E-state index contributed by atoms with van der Waals surface area (Å²) in [6.45, 7) is 7.23. The van der Waals surface area contributed by atoms with Crippen LogP contribution in [0.1, 0.15) is 20.3 Å². The smallest absolute Gasteiger partial charge is 0.303 e. The summed E-state index contributed by atoms with van der Waals surface area (Å²) < 4.78 is 16.0. The zero-order chi connectivity index (χ0) is 12.6. The highest BCUT2D eigenvalue weighted by Crippen LogP contribution is 2.49. The Bertz CT molecular complexity index is 375. The molecule has 17 heavy (non-hydrogen) atoms. The molecule has 0 N–H and O–H groups in total. The molecule has 2 aliphatic rings. The average Bonchev–Trinajstić information content (AvgIpc) is 2.67. The van der Waals surface area contributed by atoms with Crippen LogP contribution in [0.2, 0.25) is 0 Å². The normalized spacial score (nSPS) is 34.8. The summed E-state index contributed by atoms with van der Waals surface area (Å²) in [6.07, 6.45) is 0.190. The van der Waals surface area contributed by atoms with E-state index >= 15 is 0 Å². The van der Waals surface area contributed by atoms with Gasteiger partial charge in [-0.1, -0.05) is 12.2 Å². The van der Waals surface area contributed by atoms with E-state index in [1.807, 2.05) is 0 Å². The van der Waals surface area contributed by atoms with Gasteiger partial charge in [0.05, 0.1) is 6.61 Å². The summed E-state index contributed by atoms with van der Waals surface area (Å²) in [4.78, 5) is 22.0. The lowest BCUT2D eigenvalue weighted by Crippen LogP contribution is -2.44. The molecule has 1 saturated carbocycles. The van der Waals surface area contributed by atoms with E-state index in [0.29, 0.717) is 13.0 Å². The number of fused-ring (bicyclic) bond motifs is 2. The Labute approximate surface area is 99.7 Å². The molecule has 2 fully saturated rings. The van der Waals surface area contributed by atoms with Crippen molar-refractivity contribution in [1.82, 2.24) is 0 Å². The van der Waals surface area contributed by atoms with Crippen LogP contribution in [0.5, 0.6) is 0 Å². The van der Waals surface area contributed by atoms with Crippen LogP contribution in [0.15, 0.2) is 12.2 Å². The van der Waals surface area contributed by atoms with E-state index in [2.05, 4.69) is 6.58 Å². The monoisotopic (exact) mass is 240 g/mol. The van der Waals surface area contributed by atoms with Crippen molar-refractivity contribution >= 4 is 11.9 Å². The van der Waals surface area contributed by atoms with Gasteiger partial charge in [0.25, 0.3) is 0 Å². The van der Waals surface area contributed by atoms with Crippen LogP contribution in [0, 0.1) is 5.92 Å². The number of rotatable bonds is 3. The van der Waals surface area contributed by atoms with E-state index in [1.165, 1.54) is 13.8 Å². The van der Waals surface area contributed by atoms with Gasteiger partial charge in [-0.15, -0.1) is 0 Å². The molecule has 0 aromatic carbocycles. The fraction of sp³-hybridized carbons (Fsp3) is 0.667. The van der Waals surface area contributed by atoms with Gasteiger partial charge in [0, 0.05) is 26.2 Å². The Morgan fingerprint density at radius 3 is 2.71 bits per heavy atom. The second-order valence-electron chi connectivity index (χ2n) is 4.63. The number of carbonyl (C=O) groups is 2. The summed E-state index contributed by atoms with van der Waals surface area (Å²) in [5.41, 5.74) is 0.272. The highest BCUT2D eigenvalue weighted by molar-refractivity contribution is 5.67. The Balaban J connectivity index is 2.14. The quantitative estimate of drug-likeness (QED) is 0.540. The second-order valence-corrected chi connectivity index (χ2v) is 4.63. The molecular formula is C12H16O5. The van der Waals surface area contributed by atoms with Crippen molar-refractivity contribution in [3.63, 3.8) is 0 Å². The minimum atomic E-state index is -0.723. The first-order chi connectivity index (χ1) is 7.94. The predicted molar refractivity (Wildman–Crippen MR) is 58.1 cm³/mol. The van der Waals surface area contributed by atoms with Crippen LogP contribution >= 0.6 is 0 Å². The van der Waals surface area contributed by atoms with Gasteiger partial charge in [0.15, 0.2) is 0 Å². The Morgan fingerprint density at radius 2 is 2.18 bits per heavy atom. The number of esters is 2. The van der Waals surface area contributed by atoms with E-state index < -0.39 is 5.60 Å². The lowest BCUT2D eigenvalue weighted by atomic mass is 10.0. The van der Waals surface area contributed by atoms with Crippen molar-refractivity contribution in [1.29, 1.82) is 0 Å². The van der Waals surface area contributed by atoms with Gasteiger partial charge in [0.2, 0.25) is 0 Å². The molecule has 1 saturated heterocycles. The van der Waals surface area contributed by atoms with Crippen molar-refractivity contribution in [2.75, 3.05) is 13.2 Å². The van der Waals surface area contributed by atoms with Crippen LogP contribution < -0.4 is 0 Å². The molecule has 0 aromatic rings. The molecule has 3 atom stereocenters. The highest BCUT2D eigenvalue weighted by Gasteiger charge is 2.59. The Hall–Kier alpha value is -1.36. The zero-order valence-corrected chi connectivity index (χ0v) is 10.0. The van der Waals surface area contributed by atoms with Crippen LogP contribution in [-0.4, -0.2) is 36.9 Å². The molecule has 1 aliphatic carbocycles. The zero-order valence-electron chi connectivity index (χ0n) is 10.0. The summed E-state index contributed by atoms with van der Waals surface area (Å²) in [5, 5.41) is 0. The predicted octanol–water partition coefficient (Wildman–Crippen LogP) is 0.826. The lowest BCUT2D eigenvalue weighted by molar-refractivity contribution is -0.166. The minimum absolute atomic E-state index is 0.0226. The summed E-state index contributed by atoms with van der Waals surface area (Å²) in [7, 11) is 0. The lowest BCUT2D eigenvalue weighted by Gasteiger charge is -2.29. The van der Waals surface area contributed by atoms with Crippen LogP contribution in [0.4, 0.5) is 0 Å².